The fraction of sp³-hybridized carbons (Fsp3) is 0.346. The van der Waals surface area contributed by atoms with Crippen LogP contribution in [0.3, 0.4) is 0 Å². The van der Waals surface area contributed by atoms with Crippen molar-refractivity contribution in [3.8, 4) is 23.0 Å². The molecule has 0 atom stereocenters. The molecule has 2 aromatic heterocycles. The molecule has 2 heterocycles. The summed E-state index contributed by atoms with van der Waals surface area (Å²) in [7, 11) is 5.84. The van der Waals surface area contributed by atoms with Gasteiger partial charge in [0.05, 0.1) is 19.2 Å². The van der Waals surface area contributed by atoms with Crippen LogP contribution in [-0.4, -0.2) is 48.7 Å². The zero-order valence-corrected chi connectivity index (χ0v) is 19.3. The molecule has 33 heavy (non-hydrogen) atoms. The maximum absolute atomic E-state index is 15.1. The molecule has 1 saturated carbocycles. The van der Waals surface area contributed by atoms with Crippen molar-refractivity contribution < 1.29 is 18.6 Å². The molecule has 0 aliphatic heterocycles. The van der Waals surface area contributed by atoms with E-state index in [1.807, 2.05) is 25.1 Å². The van der Waals surface area contributed by atoms with Crippen LogP contribution in [0.4, 0.5) is 4.39 Å². The molecule has 0 amide bonds. The Morgan fingerprint density at radius 1 is 1.03 bits per heavy atom. The SMILES string of the molecule is COc1cc2c(Oc3ccc4[nH]c(C)cc4c3F)ccnc2cc1OC[C@H]1C[C@H](N(C)C)C1. The van der Waals surface area contributed by atoms with Crippen molar-refractivity contribution in [2.75, 3.05) is 27.8 Å². The zero-order chi connectivity index (χ0) is 23.1. The van der Waals surface area contributed by atoms with E-state index < -0.39 is 5.82 Å². The minimum atomic E-state index is -0.398. The molecule has 6 nitrogen and oxygen atoms in total. The van der Waals surface area contributed by atoms with E-state index in [9.17, 15) is 0 Å². The van der Waals surface area contributed by atoms with Gasteiger partial charge in [-0.3, -0.25) is 4.98 Å². The maximum Gasteiger partial charge on any atom is 0.175 e. The lowest BCUT2D eigenvalue weighted by Gasteiger charge is -2.39. The Morgan fingerprint density at radius 2 is 1.85 bits per heavy atom. The van der Waals surface area contributed by atoms with Crippen molar-refractivity contribution in [1.82, 2.24) is 14.9 Å². The van der Waals surface area contributed by atoms with Crippen LogP contribution in [0.2, 0.25) is 0 Å². The molecule has 1 N–H and O–H groups in total. The van der Waals surface area contributed by atoms with Gasteiger partial charge in [0.15, 0.2) is 23.1 Å². The summed E-state index contributed by atoms with van der Waals surface area (Å²) >= 11 is 0. The van der Waals surface area contributed by atoms with E-state index in [-0.39, 0.29) is 5.75 Å². The number of hydrogen-bond acceptors (Lipinski definition) is 5. The molecular weight excluding hydrogens is 421 g/mol. The van der Waals surface area contributed by atoms with Crippen LogP contribution >= 0.6 is 0 Å². The van der Waals surface area contributed by atoms with Gasteiger partial charge in [-0.05, 0) is 70.1 Å². The third-order valence-electron chi connectivity index (χ3n) is 6.46. The van der Waals surface area contributed by atoms with Gasteiger partial charge in [0.2, 0.25) is 0 Å². The minimum Gasteiger partial charge on any atom is -0.493 e. The van der Waals surface area contributed by atoms with Crippen LogP contribution in [0.15, 0.2) is 42.6 Å². The van der Waals surface area contributed by atoms with Gasteiger partial charge in [0.1, 0.15) is 5.75 Å². The molecule has 1 fully saturated rings. The number of methoxy groups -OCH3 is 1. The van der Waals surface area contributed by atoms with Crippen LogP contribution in [0.25, 0.3) is 21.8 Å². The van der Waals surface area contributed by atoms with Gasteiger partial charge in [-0.15, -0.1) is 0 Å². The molecule has 0 unspecified atom stereocenters. The van der Waals surface area contributed by atoms with E-state index >= 15 is 4.39 Å². The average molecular weight is 450 g/mol. The van der Waals surface area contributed by atoms with Crippen molar-refractivity contribution in [1.29, 1.82) is 0 Å². The first-order chi connectivity index (χ1) is 15.9. The number of hydrogen-bond donors (Lipinski definition) is 1. The number of aromatic nitrogens is 2. The van der Waals surface area contributed by atoms with E-state index in [1.54, 1.807) is 31.5 Å². The quantitative estimate of drug-likeness (QED) is 0.393. The topological polar surface area (TPSA) is 59.6 Å². The second kappa shape index (κ2) is 8.56. The van der Waals surface area contributed by atoms with E-state index in [1.165, 1.54) is 0 Å². The van der Waals surface area contributed by atoms with E-state index in [2.05, 4.69) is 29.0 Å². The molecule has 0 saturated heterocycles. The lowest BCUT2D eigenvalue weighted by molar-refractivity contribution is 0.0822. The molecule has 2 aromatic carbocycles. The lowest BCUT2D eigenvalue weighted by atomic mass is 9.80. The normalized spacial score (nSPS) is 18.0. The van der Waals surface area contributed by atoms with Crippen molar-refractivity contribution >= 4 is 21.8 Å². The molecule has 172 valence electrons. The Balaban J connectivity index is 1.41. The minimum absolute atomic E-state index is 0.161. The molecule has 0 spiro atoms. The molecule has 1 aliphatic carbocycles. The number of benzene rings is 2. The third-order valence-corrected chi connectivity index (χ3v) is 6.46. The predicted molar refractivity (Wildman–Crippen MR) is 127 cm³/mol. The number of H-pyrrole nitrogens is 1. The zero-order valence-electron chi connectivity index (χ0n) is 19.3. The summed E-state index contributed by atoms with van der Waals surface area (Å²) in [5.74, 6) is 2.05. The van der Waals surface area contributed by atoms with E-state index in [0.29, 0.717) is 46.7 Å². The Kier molecular flexibility index (Phi) is 5.58. The molecule has 4 aromatic rings. The summed E-state index contributed by atoms with van der Waals surface area (Å²) in [6.45, 7) is 2.54. The number of rotatable bonds is 7. The Hall–Kier alpha value is -3.32. The molecular formula is C26H28FN3O3. The van der Waals surface area contributed by atoms with Crippen LogP contribution in [-0.2, 0) is 0 Å². The number of halogens is 1. The number of aromatic amines is 1. The van der Waals surface area contributed by atoms with Crippen molar-refractivity contribution in [2.24, 2.45) is 5.92 Å². The predicted octanol–water partition coefficient (Wildman–Crippen LogP) is 5.68. The molecule has 5 rings (SSSR count). The van der Waals surface area contributed by atoms with Crippen molar-refractivity contribution in [2.45, 2.75) is 25.8 Å². The fourth-order valence-electron chi connectivity index (χ4n) is 4.44. The number of nitrogens with one attached hydrogen (secondary N) is 1. The number of ether oxygens (including phenoxy) is 3. The lowest BCUT2D eigenvalue weighted by Crippen LogP contribution is -2.42. The first kappa shape index (κ1) is 21.5. The van der Waals surface area contributed by atoms with Crippen LogP contribution in [0.1, 0.15) is 18.5 Å². The molecule has 7 heteroatoms. The third kappa shape index (κ3) is 4.09. The number of nitrogens with zero attached hydrogens (tertiary/aromatic N) is 2. The summed E-state index contributed by atoms with van der Waals surface area (Å²) in [5.41, 5.74) is 2.33. The van der Waals surface area contributed by atoms with Gasteiger partial charge in [-0.1, -0.05) is 0 Å². The standard InChI is InChI=1S/C26H28FN3O3/c1-15-9-19-20(29-15)5-6-23(26(19)27)33-22-7-8-28-21-13-25(24(31-4)12-18(21)22)32-14-16-10-17(11-16)30(2)3/h5-9,12-13,16-17,29H,10-11,14H2,1-4H3/t16-,17-. The molecule has 1 aliphatic rings. The van der Waals surface area contributed by atoms with Crippen LogP contribution < -0.4 is 14.2 Å². The first-order valence-corrected chi connectivity index (χ1v) is 11.1. The maximum atomic E-state index is 15.1. The first-order valence-electron chi connectivity index (χ1n) is 11.1. The van der Waals surface area contributed by atoms with E-state index in [4.69, 9.17) is 14.2 Å². The van der Waals surface area contributed by atoms with Gasteiger partial charge in [0.25, 0.3) is 0 Å². The molecule has 0 radical (unpaired) electrons. The average Bonchev–Trinajstić information content (AvgIpc) is 3.15. The van der Waals surface area contributed by atoms with Gasteiger partial charge in [-0.25, -0.2) is 4.39 Å². The Bertz CT molecular complexity index is 1310. The highest BCUT2D eigenvalue weighted by atomic mass is 19.1. The Labute approximate surface area is 192 Å². The number of pyridine rings is 1. The van der Waals surface area contributed by atoms with E-state index in [0.717, 1.165) is 29.4 Å². The monoisotopic (exact) mass is 449 g/mol. The highest BCUT2D eigenvalue weighted by Gasteiger charge is 2.31. The smallest absolute Gasteiger partial charge is 0.175 e. The number of aryl methyl sites for hydroxylation is 1. The summed E-state index contributed by atoms with van der Waals surface area (Å²) in [6.07, 6.45) is 3.92. The second-order valence-electron chi connectivity index (χ2n) is 8.99. The van der Waals surface area contributed by atoms with Crippen LogP contribution in [0, 0.1) is 18.7 Å². The van der Waals surface area contributed by atoms with Gasteiger partial charge in [0, 0.05) is 40.3 Å². The van der Waals surface area contributed by atoms with Crippen LogP contribution in [0.5, 0.6) is 23.0 Å². The van der Waals surface area contributed by atoms with Gasteiger partial charge >= 0.3 is 0 Å². The summed E-state index contributed by atoms with van der Waals surface area (Å²) in [6, 6.07) is 11.3. The van der Waals surface area contributed by atoms with Crippen molar-refractivity contribution in [3.05, 3.63) is 54.1 Å². The summed E-state index contributed by atoms with van der Waals surface area (Å²) < 4.78 is 32.8. The Morgan fingerprint density at radius 3 is 2.61 bits per heavy atom. The fourth-order valence-corrected chi connectivity index (χ4v) is 4.44. The number of fused-ring (bicyclic) bond motifs is 2. The van der Waals surface area contributed by atoms with Crippen molar-refractivity contribution in [3.63, 3.8) is 0 Å². The van der Waals surface area contributed by atoms with Gasteiger partial charge < -0.3 is 24.1 Å². The highest BCUT2D eigenvalue weighted by Crippen LogP contribution is 2.39. The van der Waals surface area contributed by atoms with Gasteiger partial charge in [-0.2, -0.15) is 0 Å². The summed E-state index contributed by atoms with van der Waals surface area (Å²) in [5, 5.41) is 1.23. The molecule has 0 bridgehead atoms. The second-order valence-corrected chi connectivity index (χ2v) is 8.99. The highest BCUT2D eigenvalue weighted by molar-refractivity contribution is 5.89. The summed E-state index contributed by atoms with van der Waals surface area (Å²) in [4.78, 5) is 9.87. The largest absolute Gasteiger partial charge is 0.493 e.